The largest absolute Gasteiger partial charge is 0.490 e. The van der Waals surface area contributed by atoms with Crippen LogP contribution >= 0.6 is 0 Å². The number of esters is 1. The molecule has 0 unspecified atom stereocenters. The van der Waals surface area contributed by atoms with Gasteiger partial charge in [-0.1, -0.05) is 0 Å². The number of carbonyl (C=O) groups excluding carboxylic acids is 1. The molecule has 2 rings (SSSR count). The Bertz CT molecular complexity index is 568. The Morgan fingerprint density at radius 3 is 2.57 bits per heavy atom. The van der Waals surface area contributed by atoms with E-state index in [4.69, 9.17) is 18.6 Å². The lowest BCUT2D eigenvalue weighted by Gasteiger charge is -2.35. The zero-order valence-electron chi connectivity index (χ0n) is 12.6. The van der Waals surface area contributed by atoms with Gasteiger partial charge < -0.3 is 18.6 Å². The van der Waals surface area contributed by atoms with E-state index in [-0.39, 0.29) is 23.6 Å². The van der Waals surface area contributed by atoms with Gasteiger partial charge in [0.15, 0.2) is 5.76 Å². The molecule has 0 amide bonds. The van der Waals surface area contributed by atoms with E-state index in [0.29, 0.717) is 37.6 Å². The highest BCUT2D eigenvalue weighted by Crippen LogP contribution is 2.41. The molecule has 1 fully saturated rings. The second-order valence-corrected chi connectivity index (χ2v) is 5.23. The van der Waals surface area contributed by atoms with E-state index in [2.05, 4.69) is 0 Å². The lowest BCUT2D eigenvalue weighted by atomic mass is 9.74. The van der Waals surface area contributed by atoms with Gasteiger partial charge >= 0.3 is 5.97 Å². The first kappa shape index (κ1) is 15.6. The minimum atomic E-state index is -0.623. The highest BCUT2D eigenvalue weighted by atomic mass is 16.5. The van der Waals surface area contributed by atoms with Crippen LogP contribution < -0.4 is 10.2 Å². The fourth-order valence-corrected chi connectivity index (χ4v) is 2.74. The van der Waals surface area contributed by atoms with Crippen LogP contribution in [0.15, 0.2) is 15.3 Å². The van der Waals surface area contributed by atoms with Crippen LogP contribution in [0.5, 0.6) is 5.75 Å². The molecule has 21 heavy (non-hydrogen) atoms. The molecule has 0 spiro atoms. The lowest BCUT2D eigenvalue weighted by molar-refractivity contribution is -0.143. The SMILES string of the molecule is COC(=O)CC1(c2oc(C)cc(=O)c2OC)CCOCC1. The van der Waals surface area contributed by atoms with Crippen molar-refractivity contribution in [1.82, 2.24) is 0 Å². The van der Waals surface area contributed by atoms with Crippen molar-refractivity contribution in [3.8, 4) is 5.75 Å². The molecule has 6 nitrogen and oxygen atoms in total. The number of ether oxygens (including phenoxy) is 3. The molecular weight excluding hydrogens is 276 g/mol. The maximum Gasteiger partial charge on any atom is 0.306 e. The predicted octanol–water partition coefficient (Wildman–Crippen LogP) is 1.57. The number of hydrogen-bond acceptors (Lipinski definition) is 6. The lowest BCUT2D eigenvalue weighted by Crippen LogP contribution is -2.37. The van der Waals surface area contributed by atoms with Crippen molar-refractivity contribution in [2.75, 3.05) is 27.4 Å². The monoisotopic (exact) mass is 296 g/mol. The number of aryl methyl sites for hydroxylation is 1. The molecule has 116 valence electrons. The van der Waals surface area contributed by atoms with E-state index >= 15 is 0 Å². The zero-order valence-corrected chi connectivity index (χ0v) is 12.6. The van der Waals surface area contributed by atoms with Crippen molar-refractivity contribution in [2.45, 2.75) is 31.6 Å². The summed E-state index contributed by atoms with van der Waals surface area (Å²) in [6, 6.07) is 1.38. The van der Waals surface area contributed by atoms with Crippen molar-refractivity contribution in [3.63, 3.8) is 0 Å². The van der Waals surface area contributed by atoms with Gasteiger partial charge in [0, 0.05) is 24.7 Å². The van der Waals surface area contributed by atoms with E-state index in [0.717, 1.165) is 0 Å². The summed E-state index contributed by atoms with van der Waals surface area (Å²) < 4.78 is 21.2. The normalized spacial score (nSPS) is 17.3. The highest BCUT2D eigenvalue weighted by Gasteiger charge is 2.42. The van der Waals surface area contributed by atoms with Gasteiger partial charge in [-0.3, -0.25) is 9.59 Å². The summed E-state index contributed by atoms with van der Waals surface area (Å²) in [5.41, 5.74) is -0.867. The van der Waals surface area contributed by atoms with Crippen LogP contribution in [0.1, 0.15) is 30.8 Å². The first-order valence-corrected chi connectivity index (χ1v) is 6.86. The molecule has 0 radical (unpaired) electrons. The molecule has 1 aliphatic heterocycles. The summed E-state index contributed by atoms with van der Waals surface area (Å²) in [6.07, 6.45) is 1.28. The number of rotatable bonds is 4. The second kappa shape index (κ2) is 6.30. The van der Waals surface area contributed by atoms with Crippen molar-refractivity contribution < 1.29 is 23.4 Å². The molecule has 0 aromatic carbocycles. The average molecular weight is 296 g/mol. The first-order valence-electron chi connectivity index (χ1n) is 6.86. The van der Waals surface area contributed by atoms with Crippen LogP contribution in [0.4, 0.5) is 0 Å². The van der Waals surface area contributed by atoms with Crippen LogP contribution in [0.25, 0.3) is 0 Å². The Morgan fingerprint density at radius 2 is 2.00 bits per heavy atom. The van der Waals surface area contributed by atoms with E-state index in [1.807, 2.05) is 0 Å². The van der Waals surface area contributed by atoms with Crippen molar-refractivity contribution in [3.05, 3.63) is 27.8 Å². The maximum absolute atomic E-state index is 12.1. The van der Waals surface area contributed by atoms with Crippen LogP contribution in [0, 0.1) is 6.92 Å². The molecule has 1 saturated heterocycles. The molecule has 0 bridgehead atoms. The second-order valence-electron chi connectivity index (χ2n) is 5.23. The van der Waals surface area contributed by atoms with E-state index in [1.165, 1.54) is 20.3 Å². The van der Waals surface area contributed by atoms with Gasteiger partial charge in [0.05, 0.1) is 20.6 Å². The average Bonchev–Trinajstić information content (AvgIpc) is 2.47. The quantitative estimate of drug-likeness (QED) is 0.785. The van der Waals surface area contributed by atoms with Crippen LogP contribution in [0.3, 0.4) is 0 Å². The van der Waals surface area contributed by atoms with Crippen LogP contribution in [-0.2, 0) is 19.7 Å². The fourth-order valence-electron chi connectivity index (χ4n) is 2.74. The molecule has 0 aliphatic carbocycles. The smallest absolute Gasteiger partial charge is 0.306 e. The Labute approximate surface area is 123 Å². The van der Waals surface area contributed by atoms with Crippen molar-refractivity contribution in [2.24, 2.45) is 0 Å². The summed E-state index contributed by atoms with van der Waals surface area (Å²) >= 11 is 0. The molecule has 1 aromatic heterocycles. The van der Waals surface area contributed by atoms with E-state index in [9.17, 15) is 9.59 Å². The van der Waals surface area contributed by atoms with Crippen molar-refractivity contribution in [1.29, 1.82) is 0 Å². The third-order valence-electron chi connectivity index (χ3n) is 3.87. The standard InChI is InChI=1S/C15H20O6/c1-10-8-11(16)13(19-3)14(21-10)15(9-12(17)18-2)4-6-20-7-5-15/h8H,4-7,9H2,1-3H3. The Kier molecular flexibility index (Phi) is 4.67. The van der Waals surface area contributed by atoms with E-state index in [1.54, 1.807) is 6.92 Å². The molecule has 0 atom stereocenters. The van der Waals surface area contributed by atoms with Gasteiger partial charge in [0.2, 0.25) is 11.2 Å². The highest BCUT2D eigenvalue weighted by molar-refractivity contribution is 5.71. The number of methoxy groups -OCH3 is 2. The minimum absolute atomic E-state index is 0.135. The molecule has 0 saturated carbocycles. The summed E-state index contributed by atoms with van der Waals surface area (Å²) in [5, 5.41) is 0. The molecule has 1 aromatic rings. The molecule has 2 heterocycles. The summed E-state index contributed by atoms with van der Waals surface area (Å²) in [6.45, 7) is 2.70. The Hall–Kier alpha value is -1.82. The Balaban J connectivity index is 2.55. The van der Waals surface area contributed by atoms with Crippen LogP contribution in [0.2, 0.25) is 0 Å². The molecule has 1 aliphatic rings. The van der Waals surface area contributed by atoms with Gasteiger partial charge in [0.1, 0.15) is 5.76 Å². The minimum Gasteiger partial charge on any atom is -0.490 e. The molecule has 0 N–H and O–H groups in total. The molecule has 6 heteroatoms. The summed E-state index contributed by atoms with van der Waals surface area (Å²) in [4.78, 5) is 23.9. The van der Waals surface area contributed by atoms with Gasteiger partial charge in [-0.05, 0) is 19.8 Å². The molecular formula is C15H20O6. The first-order chi connectivity index (χ1) is 10.0. The predicted molar refractivity (Wildman–Crippen MR) is 74.6 cm³/mol. The third-order valence-corrected chi connectivity index (χ3v) is 3.87. The van der Waals surface area contributed by atoms with Crippen LogP contribution in [-0.4, -0.2) is 33.4 Å². The Morgan fingerprint density at radius 1 is 1.33 bits per heavy atom. The third kappa shape index (κ3) is 3.10. The van der Waals surface area contributed by atoms with E-state index < -0.39 is 5.41 Å². The topological polar surface area (TPSA) is 75.0 Å². The van der Waals surface area contributed by atoms with Gasteiger partial charge in [-0.15, -0.1) is 0 Å². The number of carbonyl (C=O) groups is 1. The van der Waals surface area contributed by atoms with Gasteiger partial charge in [-0.25, -0.2) is 0 Å². The number of hydrogen-bond donors (Lipinski definition) is 0. The maximum atomic E-state index is 12.1. The van der Waals surface area contributed by atoms with Crippen molar-refractivity contribution >= 4 is 5.97 Å². The zero-order chi connectivity index (χ0) is 15.5. The van der Waals surface area contributed by atoms with Gasteiger partial charge in [0.25, 0.3) is 0 Å². The summed E-state index contributed by atoms with van der Waals surface area (Å²) in [5.74, 6) is 0.727. The van der Waals surface area contributed by atoms with Gasteiger partial charge in [-0.2, -0.15) is 0 Å². The fraction of sp³-hybridized carbons (Fsp3) is 0.600. The summed E-state index contributed by atoms with van der Waals surface area (Å²) in [7, 11) is 2.77.